The summed E-state index contributed by atoms with van der Waals surface area (Å²) in [6, 6.07) is 0. The molecule has 0 amide bonds. The van der Waals surface area contributed by atoms with Crippen LogP contribution in [0.2, 0.25) is 0 Å². The van der Waals surface area contributed by atoms with Gasteiger partial charge in [0, 0.05) is 13.8 Å². The molecule has 3 unspecified atom stereocenters. The minimum atomic E-state index is -3.78. The average molecular weight is 398 g/mol. The van der Waals surface area contributed by atoms with E-state index in [1.807, 2.05) is 5.92 Å². The Morgan fingerprint density at radius 2 is 1.41 bits per heavy atom. The van der Waals surface area contributed by atoms with Crippen LogP contribution in [0.25, 0.3) is 0 Å². The summed E-state index contributed by atoms with van der Waals surface area (Å²) in [4.78, 5) is 36.4. The predicted octanol–water partition coefficient (Wildman–Crippen LogP) is 0.376. The molecule has 0 aliphatic heterocycles. The molecule has 10 heteroatoms. The summed E-state index contributed by atoms with van der Waals surface area (Å²) in [7, 11) is -2.72. The Labute approximate surface area is 157 Å². The highest BCUT2D eigenvalue weighted by atomic mass is 31.2. The van der Waals surface area contributed by atoms with E-state index >= 15 is 0 Å². The zero-order valence-electron chi connectivity index (χ0n) is 14.8. The highest BCUT2D eigenvalue weighted by Gasteiger charge is 2.42. The summed E-state index contributed by atoms with van der Waals surface area (Å²) in [5, 5.41) is 0. The van der Waals surface area contributed by atoms with E-state index in [2.05, 4.69) is 21.1 Å². The zero-order chi connectivity index (χ0) is 20.9. The molecule has 3 atom stereocenters. The lowest BCUT2D eigenvalue weighted by Gasteiger charge is -2.25. The van der Waals surface area contributed by atoms with Gasteiger partial charge in [-0.05, 0) is 0 Å². The van der Waals surface area contributed by atoms with E-state index in [0.717, 1.165) is 13.8 Å². The first-order valence-electron chi connectivity index (χ1n) is 7.33. The topological polar surface area (TPSA) is 114 Å². The van der Waals surface area contributed by atoms with Crippen LogP contribution in [0.15, 0.2) is 0 Å². The Kier molecular flexibility index (Phi) is 11.3. The number of carbonyl (C=O) groups excluding carboxylic acids is 3. The highest BCUT2D eigenvalue weighted by Crippen LogP contribution is 2.45. The molecule has 27 heavy (non-hydrogen) atoms. The largest absolute Gasteiger partial charge is 0.452 e. The molecular formula is C17H19O9P. The standard InChI is InChI=1S/C17H19O9P/c1-6-9-23-14(18)12-13(16(19)24-10-7-2)15(17(20)25-11-8-3)26-27(5,21)22-4/h1-3,13,15H,9-12H2,4-5H3. The molecule has 0 radical (unpaired) electrons. The second kappa shape index (κ2) is 12.6. The highest BCUT2D eigenvalue weighted by molar-refractivity contribution is 7.53. The lowest BCUT2D eigenvalue weighted by molar-refractivity contribution is -0.166. The molecule has 0 spiro atoms. The fourth-order valence-corrected chi connectivity index (χ4v) is 2.35. The average Bonchev–Trinajstić information content (AvgIpc) is 2.65. The van der Waals surface area contributed by atoms with Gasteiger partial charge >= 0.3 is 25.5 Å². The molecule has 0 aliphatic rings. The summed E-state index contributed by atoms with van der Waals surface area (Å²) in [5.41, 5.74) is 0. The molecule has 0 rings (SSSR count). The van der Waals surface area contributed by atoms with E-state index in [1.54, 1.807) is 0 Å². The van der Waals surface area contributed by atoms with Gasteiger partial charge in [0.15, 0.2) is 25.9 Å². The van der Waals surface area contributed by atoms with Gasteiger partial charge in [-0.3, -0.25) is 18.7 Å². The lowest BCUT2D eigenvalue weighted by atomic mass is 9.98. The van der Waals surface area contributed by atoms with Crippen molar-refractivity contribution in [2.45, 2.75) is 12.5 Å². The summed E-state index contributed by atoms with van der Waals surface area (Å²) >= 11 is 0. The lowest BCUT2D eigenvalue weighted by Crippen LogP contribution is -2.40. The summed E-state index contributed by atoms with van der Waals surface area (Å²) < 4.78 is 36.1. The quantitative estimate of drug-likeness (QED) is 0.211. The van der Waals surface area contributed by atoms with Crippen LogP contribution in [0.5, 0.6) is 0 Å². The van der Waals surface area contributed by atoms with Gasteiger partial charge < -0.3 is 18.7 Å². The summed E-state index contributed by atoms with van der Waals surface area (Å²) in [5.74, 6) is 1.40. The molecule has 146 valence electrons. The van der Waals surface area contributed by atoms with Crippen molar-refractivity contribution in [2.75, 3.05) is 33.6 Å². The van der Waals surface area contributed by atoms with Gasteiger partial charge in [-0.1, -0.05) is 17.8 Å². The molecule has 0 N–H and O–H groups in total. The van der Waals surface area contributed by atoms with E-state index in [4.69, 9.17) is 33.3 Å². The third-order valence-electron chi connectivity index (χ3n) is 2.84. The third-order valence-corrected chi connectivity index (χ3v) is 4.11. The van der Waals surface area contributed by atoms with Gasteiger partial charge in [-0.15, -0.1) is 19.3 Å². The molecule has 0 saturated carbocycles. The molecule has 0 saturated heterocycles. The molecular weight excluding hydrogens is 379 g/mol. The van der Waals surface area contributed by atoms with E-state index in [-0.39, 0.29) is 6.61 Å². The number of carbonyl (C=O) groups is 3. The van der Waals surface area contributed by atoms with Crippen molar-refractivity contribution in [3.63, 3.8) is 0 Å². The van der Waals surface area contributed by atoms with Gasteiger partial charge in [0.25, 0.3) is 0 Å². The number of hydrogen-bond acceptors (Lipinski definition) is 9. The number of hydrogen-bond donors (Lipinski definition) is 0. The molecule has 0 fully saturated rings. The second-order valence-electron chi connectivity index (χ2n) is 4.78. The van der Waals surface area contributed by atoms with Crippen molar-refractivity contribution in [3.8, 4) is 37.0 Å². The van der Waals surface area contributed by atoms with Crippen molar-refractivity contribution in [2.24, 2.45) is 5.92 Å². The smallest absolute Gasteiger partial charge is 0.337 e. The molecule has 9 nitrogen and oxygen atoms in total. The fraction of sp³-hybridized carbons (Fsp3) is 0.471. The van der Waals surface area contributed by atoms with Gasteiger partial charge in [-0.2, -0.15) is 0 Å². The first-order valence-corrected chi connectivity index (χ1v) is 9.32. The zero-order valence-corrected chi connectivity index (χ0v) is 15.7. The van der Waals surface area contributed by atoms with Crippen molar-refractivity contribution < 1.29 is 42.2 Å². The maximum Gasteiger partial charge on any atom is 0.337 e. The Morgan fingerprint density at radius 1 is 0.926 bits per heavy atom. The Hall–Kier alpha value is -2.76. The van der Waals surface area contributed by atoms with Crippen molar-refractivity contribution in [1.82, 2.24) is 0 Å². The van der Waals surface area contributed by atoms with Crippen LogP contribution < -0.4 is 0 Å². The van der Waals surface area contributed by atoms with Crippen LogP contribution >= 0.6 is 7.60 Å². The fourth-order valence-electron chi connectivity index (χ4n) is 1.62. The normalized spacial score (nSPS) is 14.2. The molecule has 0 aromatic carbocycles. The number of ether oxygens (including phenoxy) is 3. The maximum atomic E-state index is 12.3. The first kappa shape index (κ1) is 24.2. The van der Waals surface area contributed by atoms with Gasteiger partial charge in [-0.25, -0.2) is 4.79 Å². The molecule has 0 aromatic heterocycles. The minimum Gasteiger partial charge on any atom is -0.452 e. The van der Waals surface area contributed by atoms with Crippen LogP contribution in [0.4, 0.5) is 0 Å². The van der Waals surface area contributed by atoms with Gasteiger partial charge in [0.05, 0.1) is 6.42 Å². The van der Waals surface area contributed by atoms with Crippen LogP contribution in [-0.2, 0) is 42.2 Å². The number of esters is 3. The first-order chi connectivity index (χ1) is 12.7. The Morgan fingerprint density at radius 3 is 1.89 bits per heavy atom. The Bertz CT molecular complexity index is 707. The van der Waals surface area contributed by atoms with Crippen molar-refractivity contribution in [3.05, 3.63) is 0 Å². The van der Waals surface area contributed by atoms with E-state index in [1.165, 1.54) is 0 Å². The van der Waals surface area contributed by atoms with Crippen LogP contribution in [0.3, 0.4) is 0 Å². The van der Waals surface area contributed by atoms with E-state index < -0.39 is 57.2 Å². The van der Waals surface area contributed by atoms with Crippen LogP contribution in [0, 0.1) is 42.9 Å². The minimum absolute atomic E-state index is 0.359. The van der Waals surface area contributed by atoms with E-state index in [0.29, 0.717) is 0 Å². The third kappa shape index (κ3) is 9.49. The van der Waals surface area contributed by atoms with Crippen LogP contribution in [0.1, 0.15) is 6.42 Å². The summed E-state index contributed by atoms with van der Waals surface area (Å²) in [6.07, 6.45) is 12.5. The number of rotatable bonds is 11. The SMILES string of the molecule is C#CCOC(=O)CC(C(=O)OCC#C)C(OP(C)(=O)OC)C(=O)OCC#C. The van der Waals surface area contributed by atoms with E-state index in [9.17, 15) is 18.9 Å². The van der Waals surface area contributed by atoms with Gasteiger partial charge in [0.2, 0.25) is 0 Å². The van der Waals surface area contributed by atoms with Crippen LogP contribution in [-0.4, -0.2) is 57.6 Å². The molecule has 0 aliphatic carbocycles. The maximum absolute atomic E-state index is 12.3. The van der Waals surface area contributed by atoms with Crippen molar-refractivity contribution in [1.29, 1.82) is 0 Å². The molecule has 0 bridgehead atoms. The summed E-state index contributed by atoms with van der Waals surface area (Å²) in [6.45, 7) is -0.195. The second-order valence-corrected chi connectivity index (χ2v) is 6.90. The monoisotopic (exact) mass is 398 g/mol. The van der Waals surface area contributed by atoms with Gasteiger partial charge in [0.1, 0.15) is 5.92 Å². The predicted molar refractivity (Wildman–Crippen MR) is 92.9 cm³/mol. The number of terminal acetylenes is 3. The Balaban J connectivity index is 5.73. The van der Waals surface area contributed by atoms with Crippen molar-refractivity contribution >= 4 is 25.5 Å². The molecule has 0 aromatic rings. The molecule has 0 heterocycles.